The topological polar surface area (TPSA) is 9.86 Å². The number of benzene rings is 8. The van der Waals surface area contributed by atoms with E-state index in [4.69, 9.17) is 0 Å². The minimum absolute atomic E-state index is 0.0169. The van der Waals surface area contributed by atoms with Gasteiger partial charge in [-0.15, -0.1) is 0 Å². The number of aromatic nitrogens is 2. The molecule has 5 heterocycles. The highest BCUT2D eigenvalue weighted by molar-refractivity contribution is 7.00. The fourth-order valence-electron chi connectivity index (χ4n) is 13.6. The number of fused-ring (bicyclic) bond motifs is 14. The zero-order valence-corrected chi connectivity index (χ0v) is 41.5. The van der Waals surface area contributed by atoms with Gasteiger partial charge in [0.15, 0.2) is 0 Å². The van der Waals surface area contributed by atoms with Crippen LogP contribution in [0, 0.1) is 0 Å². The lowest BCUT2D eigenvalue weighted by Gasteiger charge is -2.45. The van der Waals surface area contributed by atoms with E-state index in [0.29, 0.717) is 23.7 Å². The Bertz CT molecular complexity index is 3850. The van der Waals surface area contributed by atoms with Crippen LogP contribution in [0.15, 0.2) is 133 Å². The van der Waals surface area contributed by atoms with Crippen molar-refractivity contribution >= 4 is 66.7 Å². The average Bonchev–Trinajstić information content (AvgIpc) is 3.95. The molecule has 0 atom stereocenters. The van der Waals surface area contributed by atoms with Crippen LogP contribution in [0.25, 0.3) is 77.2 Å². The highest BCUT2D eigenvalue weighted by atomic mass is 15.1. The van der Waals surface area contributed by atoms with Crippen molar-refractivity contribution in [3.8, 4) is 33.6 Å². The molecule has 3 aliphatic heterocycles. The summed E-state index contributed by atoms with van der Waals surface area (Å²) < 4.78 is 5.54. The molecule has 10 aromatic rings. The third kappa shape index (κ3) is 4.85. The molecule has 14 rings (SSSR count). The average molecular weight is 879 g/mol. The number of rotatable bonds is 5. The van der Waals surface area contributed by atoms with Crippen molar-refractivity contribution in [3.63, 3.8) is 0 Å². The Hall–Kier alpha value is -6.58. The molecule has 0 N–H and O–H groups in total. The van der Waals surface area contributed by atoms with Crippen molar-refractivity contribution in [2.45, 2.75) is 111 Å². The number of hydrogen-bond donors (Lipinski definition) is 0. The Balaban J connectivity index is 1.29. The number of hydrogen-bond acceptors (Lipinski definition) is 0. The zero-order valence-electron chi connectivity index (χ0n) is 41.5. The highest BCUT2D eigenvalue weighted by Crippen LogP contribution is 2.62. The van der Waals surface area contributed by atoms with Gasteiger partial charge in [-0.2, -0.15) is 0 Å². The second-order valence-corrected chi connectivity index (χ2v) is 23.2. The molecule has 0 saturated heterocycles. The fraction of sp³-hybridized carbons (Fsp3) is 0.262. The Morgan fingerprint density at radius 2 is 0.941 bits per heavy atom. The van der Waals surface area contributed by atoms with Crippen LogP contribution in [0.1, 0.15) is 150 Å². The van der Waals surface area contributed by atoms with E-state index in [0.717, 1.165) is 0 Å². The highest BCUT2D eigenvalue weighted by Gasteiger charge is 2.55. The first-order valence-electron chi connectivity index (χ1n) is 25.5. The molecule has 68 heavy (non-hydrogen) atoms. The summed E-state index contributed by atoms with van der Waals surface area (Å²) in [4.78, 5) is 0. The van der Waals surface area contributed by atoms with Gasteiger partial charge in [0.2, 0.25) is 0 Å². The lowest BCUT2D eigenvalue weighted by atomic mass is 9.33. The van der Waals surface area contributed by atoms with E-state index in [-0.39, 0.29) is 12.1 Å². The molecule has 2 aromatic heterocycles. The van der Waals surface area contributed by atoms with Crippen molar-refractivity contribution in [1.29, 1.82) is 0 Å². The van der Waals surface area contributed by atoms with E-state index in [2.05, 4.69) is 219 Å². The van der Waals surface area contributed by atoms with Crippen molar-refractivity contribution in [2.75, 3.05) is 0 Å². The number of nitrogens with zero attached hydrogens (tertiary/aromatic N) is 2. The van der Waals surface area contributed by atoms with Crippen LogP contribution >= 0.6 is 0 Å². The molecule has 4 aliphatic rings. The Labute approximate surface area is 401 Å². The normalized spacial score (nSPS) is 14.7. The summed E-state index contributed by atoms with van der Waals surface area (Å²) in [5.74, 6) is 1.51. The Morgan fingerprint density at radius 1 is 0.426 bits per heavy atom. The summed E-state index contributed by atoms with van der Waals surface area (Å²) in [6.07, 6.45) is 0. The summed E-state index contributed by atoms with van der Waals surface area (Å²) in [5.41, 5.74) is 29.8. The van der Waals surface area contributed by atoms with E-state index in [1.807, 2.05) is 0 Å². The van der Waals surface area contributed by atoms with E-state index in [9.17, 15) is 0 Å². The largest absolute Gasteiger partial charge is 0.310 e. The van der Waals surface area contributed by atoms with Gasteiger partial charge in [0.1, 0.15) is 0 Å². The minimum atomic E-state index is -0.561. The van der Waals surface area contributed by atoms with Gasteiger partial charge in [-0.3, -0.25) is 0 Å². The van der Waals surface area contributed by atoms with Gasteiger partial charge in [-0.25, -0.2) is 0 Å². The predicted octanol–water partition coefficient (Wildman–Crippen LogP) is 15.2. The van der Waals surface area contributed by atoms with Crippen LogP contribution in [0.4, 0.5) is 0 Å². The van der Waals surface area contributed by atoms with E-state index >= 15 is 0 Å². The van der Waals surface area contributed by atoms with Gasteiger partial charge in [-0.1, -0.05) is 173 Å². The molecule has 3 heteroatoms. The second kappa shape index (κ2) is 13.4. The molecule has 0 saturated carbocycles. The maximum absolute atomic E-state index is 2.80. The minimum Gasteiger partial charge on any atom is -0.310 e. The molecular weight excluding hydrogens is 820 g/mol. The van der Waals surface area contributed by atoms with Crippen LogP contribution < -0.4 is 16.4 Å². The van der Waals surface area contributed by atoms with Crippen LogP contribution in [0.2, 0.25) is 0 Å². The lowest BCUT2D eigenvalue weighted by Crippen LogP contribution is -2.61. The van der Waals surface area contributed by atoms with Crippen molar-refractivity contribution in [1.82, 2.24) is 9.13 Å². The third-order valence-corrected chi connectivity index (χ3v) is 17.1. The smallest absolute Gasteiger partial charge is 0.252 e. The predicted molar refractivity (Wildman–Crippen MR) is 291 cm³/mol. The molecule has 0 amide bonds. The molecular formula is C65H59BN2. The summed E-state index contributed by atoms with van der Waals surface area (Å²) >= 11 is 0. The van der Waals surface area contributed by atoms with Gasteiger partial charge in [0.25, 0.3) is 6.71 Å². The van der Waals surface area contributed by atoms with Gasteiger partial charge >= 0.3 is 0 Å². The van der Waals surface area contributed by atoms with Crippen molar-refractivity contribution in [2.24, 2.45) is 0 Å². The quantitative estimate of drug-likeness (QED) is 0.152. The van der Waals surface area contributed by atoms with E-state index in [1.54, 1.807) is 0 Å². The summed E-state index contributed by atoms with van der Waals surface area (Å²) in [6.45, 7) is 26.0. The molecule has 1 spiro atoms. The molecule has 0 bridgehead atoms. The standard InChI is InChI=1S/C65H59BN2/c1-34(2)39-22-25-57-47(26-39)48-28-41(36(5)6)31-55-60(48)67(57)62-46(38-20-23-43(24-21-38)64(9,10)11)33-54-63-58(62)66(55)56-32-42(37(7)8)29-50-49-27-40(35(3)4)30-53(59(49)68(63)61(50)56)65(54)51-18-14-12-16-44(51)45-17-13-15-19-52(45)65/h12-37H,1-11H3. The first-order chi connectivity index (χ1) is 32.7. The maximum atomic E-state index is 2.80. The lowest BCUT2D eigenvalue weighted by molar-refractivity contribution is 0.590. The van der Waals surface area contributed by atoms with E-state index in [1.165, 1.54) is 144 Å². The Kier molecular flexibility index (Phi) is 7.95. The summed E-state index contributed by atoms with van der Waals surface area (Å²) in [5, 5.41) is 5.52. The zero-order chi connectivity index (χ0) is 46.6. The van der Waals surface area contributed by atoms with E-state index < -0.39 is 5.41 Å². The molecule has 332 valence electrons. The molecule has 8 aromatic carbocycles. The Morgan fingerprint density at radius 3 is 1.51 bits per heavy atom. The van der Waals surface area contributed by atoms with Gasteiger partial charge in [-0.05, 0) is 149 Å². The van der Waals surface area contributed by atoms with Gasteiger partial charge in [0.05, 0.1) is 22.1 Å². The maximum Gasteiger partial charge on any atom is 0.252 e. The molecule has 1 aliphatic carbocycles. The first-order valence-corrected chi connectivity index (χ1v) is 25.5. The third-order valence-electron chi connectivity index (χ3n) is 17.1. The van der Waals surface area contributed by atoms with Crippen LogP contribution in [-0.2, 0) is 10.8 Å². The van der Waals surface area contributed by atoms with Crippen molar-refractivity contribution < 1.29 is 0 Å². The SMILES string of the molecule is CC(C)c1ccc2c(c1)c1cc(C(C)C)cc3c1n2-c1c(-c2ccc(C(C)(C)C)cc2)cc2c4c1B3c1cc(C(C)C)cc3c5cc(C(C)C)cc(c5n-4c13)C21c2ccccc2-c2ccccc21. The van der Waals surface area contributed by atoms with Crippen LogP contribution in [0.3, 0.4) is 0 Å². The molecule has 0 radical (unpaired) electrons. The van der Waals surface area contributed by atoms with Gasteiger partial charge in [0, 0.05) is 43.8 Å². The van der Waals surface area contributed by atoms with Crippen LogP contribution in [-0.4, -0.2) is 15.8 Å². The fourth-order valence-corrected chi connectivity index (χ4v) is 13.6. The van der Waals surface area contributed by atoms with Crippen LogP contribution in [0.5, 0.6) is 0 Å². The molecule has 0 unspecified atom stereocenters. The molecule has 2 nitrogen and oxygen atoms in total. The first kappa shape index (κ1) is 40.5. The molecule has 0 fully saturated rings. The summed E-state index contributed by atoms with van der Waals surface area (Å²) in [7, 11) is 0. The second-order valence-electron chi connectivity index (χ2n) is 23.2. The van der Waals surface area contributed by atoms with Crippen molar-refractivity contribution in [3.05, 3.63) is 184 Å². The monoisotopic (exact) mass is 878 g/mol. The van der Waals surface area contributed by atoms with Gasteiger partial charge < -0.3 is 9.13 Å². The summed E-state index contributed by atoms with van der Waals surface area (Å²) in [6, 6.07) is 54.2.